The minimum absolute atomic E-state index is 0.197. The summed E-state index contributed by atoms with van der Waals surface area (Å²) >= 11 is 12.3. The molecule has 1 unspecified atom stereocenters. The Morgan fingerprint density at radius 1 is 1.07 bits per heavy atom. The largest absolute Gasteiger partial charge is 0.493 e. The number of halogens is 3. The van der Waals surface area contributed by atoms with Crippen LogP contribution in [0.25, 0.3) is 0 Å². The Morgan fingerprint density at radius 3 is 2.52 bits per heavy atom. The topological polar surface area (TPSA) is 85.5 Å². The van der Waals surface area contributed by atoms with Crippen molar-refractivity contribution in [3.63, 3.8) is 0 Å². The number of methoxy groups -OCH3 is 2. The van der Waals surface area contributed by atoms with E-state index in [-0.39, 0.29) is 27.1 Å². The SMILES string of the molecule is COc1cc(F)ccc1Oc1cc(Cl)c(Cl)cc1C(Nc1cn[nH]c(=O)c1)OC. The molecule has 0 amide bonds. The molecule has 0 bridgehead atoms. The summed E-state index contributed by atoms with van der Waals surface area (Å²) < 4.78 is 30.1. The van der Waals surface area contributed by atoms with Crippen molar-refractivity contribution in [2.45, 2.75) is 6.23 Å². The van der Waals surface area contributed by atoms with Crippen LogP contribution in [0.1, 0.15) is 11.8 Å². The average Bonchev–Trinajstić information content (AvgIpc) is 2.70. The van der Waals surface area contributed by atoms with Crippen LogP contribution in [-0.2, 0) is 4.74 Å². The number of rotatable bonds is 7. The van der Waals surface area contributed by atoms with E-state index in [0.29, 0.717) is 17.0 Å². The maximum absolute atomic E-state index is 13.5. The Labute approximate surface area is 175 Å². The van der Waals surface area contributed by atoms with E-state index in [1.807, 2.05) is 0 Å². The van der Waals surface area contributed by atoms with Crippen molar-refractivity contribution in [2.75, 3.05) is 19.5 Å². The van der Waals surface area contributed by atoms with Crippen molar-refractivity contribution < 1.29 is 18.6 Å². The maximum atomic E-state index is 13.5. The highest BCUT2D eigenvalue weighted by molar-refractivity contribution is 6.42. The molecule has 0 aliphatic rings. The molecule has 0 fully saturated rings. The van der Waals surface area contributed by atoms with Gasteiger partial charge in [0, 0.05) is 30.9 Å². The van der Waals surface area contributed by atoms with Crippen molar-refractivity contribution in [3.05, 3.63) is 74.4 Å². The van der Waals surface area contributed by atoms with Gasteiger partial charge in [-0.05, 0) is 18.2 Å². The molecule has 0 radical (unpaired) electrons. The Bertz CT molecular complexity index is 1080. The number of nitrogens with zero attached hydrogens (tertiary/aromatic N) is 1. The molecule has 1 heterocycles. The summed E-state index contributed by atoms with van der Waals surface area (Å²) in [6.45, 7) is 0. The zero-order valence-electron chi connectivity index (χ0n) is 15.3. The van der Waals surface area contributed by atoms with Crippen molar-refractivity contribution in [1.29, 1.82) is 0 Å². The molecule has 1 aromatic heterocycles. The lowest BCUT2D eigenvalue weighted by Crippen LogP contribution is -2.16. The highest BCUT2D eigenvalue weighted by atomic mass is 35.5. The van der Waals surface area contributed by atoms with Gasteiger partial charge in [-0.2, -0.15) is 5.10 Å². The summed E-state index contributed by atoms with van der Waals surface area (Å²) in [7, 11) is 2.86. The molecule has 1 atom stereocenters. The zero-order chi connectivity index (χ0) is 21.0. The van der Waals surface area contributed by atoms with Crippen LogP contribution >= 0.6 is 23.2 Å². The third kappa shape index (κ3) is 4.97. The van der Waals surface area contributed by atoms with Crippen molar-refractivity contribution in [2.24, 2.45) is 0 Å². The lowest BCUT2D eigenvalue weighted by Gasteiger charge is -2.22. The summed E-state index contributed by atoms with van der Waals surface area (Å²) in [5.41, 5.74) is 0.511. The fraction of sp³-hybridized carbons (Fsp3) is 0.158. The quantitative estimate of drug-likeness (QED) is 0.515. The number of hydrogen-bond acceptors (Lipinski definition) is 6. The van der Waals surface area contributed by atoms with E-state index in [1.165, 1.54) is 50.7 Å². The first-order chi connectivity index (χ1) is 13.9. The van der Waals surface area contributed by atoms with Crippen LogP contribution in [0.2, 0.25) is 10.0 Å². The van der Waals surface area contributed by atoms with Crippen LogP contribution in [0.3, 0.4) is 0 Å². The van der Waals surface area contributed by atoms with Crippen LogP contribution in [0.4, 0.5) is 10.1 Å². The van der Waals surface area contributed by atoms with Gasteiger partial charge < -0.3 is 19.5 Å². The molecule has 3 aromatic rings. The predicted octanol–water partition coefficient (Wildman–Crippen LogP) is 4.77. The number of benzene rings is 2. The summed E-state index contributed by atoms with van der Waals surface area (Å²) in [5, 5.41) is 9.56. The third-order valence-electron chi connectivity index (χ3n) is 3.88. The normalized spacial score (nSPS) is 11.8. The Morgan fingerprint density at radius 2 is 1.83 bits per heavy atom. The highest BCUT2D eigenvalue weighted by Gasteiger charge is 2.20. The van der Waals surface area contributed by atoms with Crippen molar-refractivity contribution in [3.8, 4) is 17.2 Å². The van der Waals surface area contributed by atoms with Gasteiger partial charge in [-0.15, -0.1) is 0 Å². The molecule has 7 nitrogen and oxygen atoms in total. The lowest BCUT2D eigenvalue weighted by atomic mass is 10.1. The smallest absolute Gasteiger partial charge is 0.266 e. The molecular formula is C19H16Cl2FN3O4. The maximum Gasteiger partial charge on any atom is 0.266 e. The van der Waals surface area contributed by atoms with E-state index in [2.05, 4.69) is 15.5 Å². The number of aromatic nitrogens is 2. The Kier molecular flexibility index (Phi) is 6.58. The number of H-pyrrole nitrogens is 1. The molecule has 0 spiro atoms. The van der Waals surface area contributed by atoms with Gasteiger partial charge in [0.05, 0.1) is 29.0 Å². The first-order valence-corrected chi connectivity index (χ1v) is 9.01. The monoisotopic (exact) mass is 439 g/mol. The lowest BCUT2D eigenvalue weighted by molar-refractivity contribution is 0.124. The number of aromatic amines is 1. The number of hydrogen-bond donors (Lipinski definition) is 2. The molecular weight excluding hydrogens is 424 g/mol. The van der Waals surface area contributed by atoms with E-state index < -0.39 is 12.0 Å². The molecule has 3 rings (SSSR count). The zero-order valence-corrected chi connectivity index (χ0v) is 16.8. The molecule has 10 heteroatoms. The second-order valence-electron chi connectivity index (χ2n) is 5.80. The second kappa shape index (κ2) is 9.13. The van der Waals surface area contributed by atoms with Crippen LogP contribution in [0.15, 0.2) is 47.4 Å². The van der Waals surface area contributed by atoms with E-state index in [1.54, 1.807) is 6.07 Å². The molecule has 0 saturated heterocycles. The highest BCUT2D eigenvalue weighted by Crippen LogP contribution is 2.40. The van der Waals surface area contributed by atoms with Crippen LogP contribution < -0.4 is 20.3 Å². The second-order valence-corrected chi connectivity index (χ2v) is 6.61. The third-order valence-corrected chi connectivity index (χ3v) is 4.60. The van der Waals surface area contributed by atoms with Gasteiger partial charge in [0.15, 0.2) is 17.7 Å². The Hall–Kier alpha value is -2.81. The van der Waals surface area contributed by atoms with Crippen LogP contribution in [-0.4, -0.2) is 24.4 Å². The van der Waals surface area contributed by atoms with Gasteiger partial charge in [0.1, 0.15) is 11.6 Å². The minimum Gasteiger partial charge on any atom is -0.493 e. The van der Waals surface area contributed by atoms with E-state index in [4.69, 9.17) is 37.4 Å². The molecule has 0 aliphatic heterocycles. The van der Waals surface area contributed by atoms with Crippen LogP contribution in [0, 0.1) is 5.82 Å². The number of anilines is 1. The summed E-state index contributed by atoms with van der Waals surface area (Å²) in [5.74, 6) is 0.284. The molecule has 0 saturated carbocycles. The van der Waals surface area contributed by atoms with Gasteiger partial charge in [0.25, 0.3) is 5.56 Å². The molecule has 0 aliphatic carbocycles. The molecule has 2 N–H and O–H groups in total. The number of ether oxygens (including phenoxy) is 3. The first kappa shape index (κ1) is 20.9. The minimum atomic E-state index is -0.769. The molecule has 152 valence electrons. The van der Waals surface area contributed by atoms with Gasteiger partial charge in [-0.25, -0.2) is 9.49 Å². The van der Waals surface area contributed by atoms with E-state index >= 15 is 0 Å². The fourth-order valence-corrected chi connectivity index (χ4v) is 2.88. The summed E-state index contributed by atoms with van der Waals surface area (Å²) in [6, 6.07) is 8.25. The van der Waals surface area contributed by atoms with Crippen molar-refractivity contribution in [1.82, 2.24) is 10.2 Å². The van der Waals surface area contributed by atoms with Gasteiger partial charge in [0.2, 0.25) is 0 Å². The number of nitrogens with one attached hydrogen (secondary N) is 2. The van der Waals surface area contributed by atoms with Gasteiger partial charge >= 0.3 is 0 Å². The van der Waals surface area contributed by atoms with E-state index in [0.717, 1.165) is 0 Å². The average molecular weight is 440 g/mol. The molecule has 29 heavy (non-hydrogen) atoms. The van der Waals surface area contributed by atoms with Gasteiger partial charge in [-0.1, -0.05) is 23.2 Å². The predicted molar refractivity (Wildman–Crippen MR) is 108 cm³/mol. The summed E-state index contributed by atoms with van der Waals surface area (Å²) in [6.07, 6.45) is 0.656. The molecule has 2 aromatic carbocycles. The fourth-order valence-electron chi connectivity index (χ4n) is 2.55. The Balaban J connectivity index is 2.01. The summed E-state index contributed by atoms with van der Waals surface area (Å²) in [4.78, 5) is 11.5. The van der Waals surface area contributed by atoms with Crippen LogP contribution in [0.5, 0.6) is 17.2 Å². The standard InChI is InChI=1S/C19H16Cl2FN3O4/c1-27-17-5-10(22)3-4-15(17)29-16-8-14(21)13(20)7-12(16)19(28-2)24-11-6-18(26)25-23-9-11/h3-9,19H,1-2H3,(H2,24,25,26). The first-order valence-electron chi connectivity index (χ1n) is 8.25. The van der Waals surface area contributed by atoms with E-state index in [9.17, 15) is 9.18 Å². The van der Waals surface area contributed by atoms with Gasteiger partial charge in [-0.3, -0.25) is 4.79 Å². The van der Waals surface area contributed by atoms with Crippen molar-refractivity contribution >= 4 is 28.9 Å².